The summed E-state index contributed by atoms with van der Waals surface area (Å²) in [6, 6.07) is 21.4. The van der Waals surface area contributed by atoms with E-state index in [0.717, 1.165) is 35.1 Å². The summed E-state index contributed by atoms with van der Waals surface area (Å²) < 4.78 is 0. The molecule has 3 aromatic rings. The SMILES string of the molecule is CC.CCC(C)C.CN(C)C(=O)/C=C/CNC(=O)C(=O)NCc1ccccc1C(=O)NC1(c2ccc3ccccc3c2)CC1. The predicted octanol–water partition coefficient (Wildman–Crippen LogP) is 5.71. The Bertz CT molecular complexity index is 1440. The predicted molar refractivity (Wildman–Crippen MR) is 178 cm³/mol. The number of nitrogens with zero attached hydrogens (tertiary/aromatic N) is 1. The Labute approximate surface area is 262 Å². The van der Waals surface area contributed by atoms with Gasteiger partial charge in [-0.25, -0.2) is 0 Å². The summed E-state index contributed by atoms with van der Waals surface area (Å²) in [4.78, 5) is 50.5. The van der Waals surface area contributed by atoms with Gasteiger partial charge >= 0.3 is 11.8 Å². The van der Waals surface area contributed by atoms with Crippen LogP contribution in [-0.4, -0.2) is 49.2 Å². The number of carbonyl (C=O) groups is 4. The van der Waals surface area contributed by atoms with E-state index in [9.17, 15) is 19.2 Å². The standard InChI is InChI=1S/C29H30N4O4.C5H12.C2H6/c1-33(2)25(34)12-7-17-30-27(36)28(37)31-19-22-10-5-6-11-24(22)26(35)32-29(15-16-29)23-14-13-20-8-3-4-9-21(20)18-23;1-4-5(2)3;1-2/h3-14,18H,15-17,19H2,1-2H3,(H,30,36)(H,31,37)(H,32,35);5H,4H2,1-3H3;1-2H3/b12-7+;;. The smallest absolute Gasteiger partial charge is 0.309 e. The first-order valence-electron chi connectivity index (χ1n) is 15.4. The minimum Gasteiger partial charge on any atom is -0.345 e. The number of fused-ring (bicyclic) bond motifs is 1. The van der Waals surface area contributed by atoms with Crippen LogP contribution in [0.5, 0.6) is 0 Å². The Morgan fingerprint density at radius 3 is 2.07 bits per heavy atom. The maximum absolute atomic E-state index is 13.3. The topological polar surface area (TPSA) is 108 Å². The van der Waals surface area contributed by atoms with Crippen molar-refractivity contribution in [1.82, 2.24) is 20.9 Å². The lowest BCUT2D eigenvalue weighted by atomic mass is 9.99. The monoisotopic (exact) mass is 600 g/mol. The lowest BCUT2D eigenvalue weighted by Gasteiger charge is -2.20. The van der Waals surface area contributed by atoms with Gasteiger partial charge in [0.15, 0.2) is 0 Å². The molecule has 8 nitrogen and oxygen atoms in total. The highest BCUT2D eigenvalue weighted by Crippen LogP contribution is 2.46. The summed E-state index contributed by atoms with van der Waals surface area (Å²) >= 11 is 0. The average molecular weight is 601 g/mol. The second-order valence-corrected chi connectivity index (χ2v) is 11.1. The van der Waals surface area contributed by atoms with Crippen molar-refractivity contribution in [1.29, 1.82) is 0 Å². The third kappa shape index (κ3) is 10.7. The summed E-state index contributed by atoms with van der Waals surface area (Å²) in [5, 5.41) is 10.5. The second kappa shape index (κ2) is 17.6. The molecule has 0 atom stereocenters. The van der Waals surface area contributed by atoms with Crippen LogP contribution in [0.3, 0.4) is 0 Å². The fraction of sp³-hybridized carbons (Fsp3) is 0.389. The molecule has 44 heavy (non-hydrogen) atoms. The molecule has 1 aliphatic rings. The third-order valence-corrected chi connectivity index (χ3v) is 7.21. The van der Waals surface area contributed by atoms with Crippen LogP contribution in [0.25, 0.3) is 10.8 Å². The van der Waals surface area contributed by atoms with E-state index in [0.29, 0.717) is 11.1 Å². The first kappa shape index (κ1) is 35.7. The first-order chi connectivity index (χ1) is 21.1. The van der Waals surface area contributed by atoms with Crippen molar-refractivity contribution in [2.24, 2.45) is 5.92 Å². The molecule has 1 aliphatic carbocycles. The first-order valence-corrected chi connectivity index (χ1v) is 15.4. The maximum Gasteiger partial charge on any atom is 0.309 e. The van der Waals surface area contributed by atoms with Crippen LogP contribution >= 0.6 is 0 Å². The Morgan fingerprint density at radius 1 is 0.864 bits per heavy atom. The van der Waals surface area contributed by atoms with Gasteiger partial charge in [0.2, 0.25) is 5.91 Å². The van der Waals surface area contributed by atoms with Crippen LogP contribution < -0.4 is 16.0 Å². The number of amides is 4. The molecule has 1 fully saturated rings. The summed E-state index contributed by atoms with van der Waals surface area (Å²) in [6.45, 7) is 10.7. The lowest BCUT2D eigenvalue weighted by Crippen LogP contribution is -2.40. The van der Waals surface area contributed by atoms with E-state index in [1.807, 2.05) is 26.0 Å². The third-order valence-electron chi connectivity index (χ3n) is 7.21. The Morgan fingerprint density at radius 2 is 1.45 bits per heavy atom. The molecule has 0 radical (unpaired) electrons. The molecule has 0 bridgehead atoms. The molecular formula is C36H48N4O4. The number of rotatable bonds is 9. The van der Waals surface area contributed by atoms with Crippen molar-refractivity contribution in [2.75, 3.05) is 20.6 Å². The highest BCUT2D eigenvalue weighted by molar-refractivity contribution is 6.35. The zero-order chi connectivity index (χ0) is 32.7. The van der Waals surface area contributed by atoms with Crippen LogP contribution in [-0.2, 0) is 26.5 Å². The lowest BCUT2D eigenvalue weighted by molar-refractivity contribution is -0.139. The van der Waals surface area contributed by atoms with Crippen LogP contribution in [0, 0.1) is 5.92 Å². The summed E-state index contributed by atoms with van der Waals surface area (Å²) in [5.74, 6) is -1.21. The van der Waals surface area contributed by atoms with E-state index in [1.165, 1.54) is 23.5 Å². The maximum atomic E-state index is 13.3. The molecule has 1 saturated carbocycles. The number of carbonyl (C=O) groups excluding carboxylic acids is 4. The minimum absolute atomic E-state index is 0.0216. The summed E-state index contributed by atoms with van der Waals surface area (Å²) in [5.41, 5.74) is 1.72. The summed E-state index contributed by atoms with van der Waals surface area (Å²) in [7, 11) is 3.23. The van der Waals surface area contributed by atoms with Gasteiger partial charge in [-0.1, -0.05) is 102 Å². The molecule has 3 aromatic carbocycles. The molecule has 0 aliphatic heterocycles. The number of hydrogen-bond acceptors (Lipinski definition) is 4. The van der Waals surface area contributed by atoms with Gasteiger partial charge in [0.25, 0.3) is 5.91 Å². The molecule has 0 aromatic heterocycles. The van der Waals surface area contributed by atoms with Crippen molar-refractivity contribution >= 4 is 34.4 Å². The zero-order valence-electron chi connectivity index (χ0n) is 27.2. The van der Waals surface area contributed by atoms with E-state index >= 15 is 0 Å². The van der Waals surface area contributed by atoms with Crippen molar-refractivity contribution in [3.8, 4) is 0 Å². The number of hydrogen-bond donors (Lipinski definition) is 3. The molecule has 0 saturated heterocycles. The van der Waals surface area contributed by atoms with Crippen molar-refractivity contribution in [3.05, 3.63) is 95.6 Å². The van der Waals surface area contributed by atoms with E-state index in [2.05, 4.69) is 67.1 Å². The molecule has 0 spiro atoms. The van der Waals surface area contributed by atoms with Crippen LogP contribution in [0.4, 0.5) is 0 Å². The normalized spacial score (nSPS) is 12.7. The quantitative estimate of drug-likeness (QED) is 0.216. The number of likely N-dealkylation sites (N-methyl/N-ethyl adjacent to an activating group) is 1. The highest BCUT2D eigenvalue weighted by Gasteiger charge is 2.46. The van der Waals surface area contributed by atoms with Gasteiger partial charge in [-0.2, -0.15) is 0 Å². The minimum atomic E-state index is -0.822. The van der Waals surface area contributed by atoms with E-state index in [-0.39, 0.29) is 24.9 Å². The van der Waals surface area contributed by atoms with E-state index < -0.39 is 17.4 Å². The van der Waals surface area contributed by atoms with Crippen molar-refractivity contribution in [2.45, 2.75) is 66.0 Å². The van der Waals surface area contributed by atoms with Gasteiger partial charge in [-0.15, -0.1) is 0 Å². The molecule has 4 amide bonds. The van der Waals surface area contributed by atoms with Gasteiger partial charge in [0.1, 0.15) is 0 Å². The molecule has 0 unspecified atom stereocenters. The van der Waals surface area contributed by atoms with Gasteiger partial charge in [0, 0.05) is 38.8 Å². The fourth-order valence-electron chi connectivity index (χ4n) is 4.07. The van der Waals surface area contributed by atoms with Gasteiger partial charge in [-0.3, -0.25) is 19.2 Å². The fourth-order valence-corrected chi connectivity index (χ4v) is 4.07. The molecule has 8 heteroatoms. The van der Waals surface area contributed by atoms with Crippen LogP contribution in [0.15, 0.2) is 78.9 Å². The van der Waals surface area contributed by atoms with Gasteiger partial charge in [0.05, 0.1) is 5.54 Å². The highest BCUT2D eigenvalue weighted by atomic mass is 16.2. The second-order valence-electron chi connectivity index (χ2n) is 11.1. The molecule has 3 N–H and O–H groups in total. The van der Waals surface area contributed by atoms with Crippen LogP contribution in [0.2, 0.25) is 0 Å². The number of benzene rings is 3. The Hall–Kier alpha value is -4.46. The molecule has 4 rings (SSSR count). The zero-order valence-corrected chi connectivity index (χ0v) is 27.2. The Balaban J connectivity index is 0.000000876. The molecular weight excluding hydrogens is 552 g/mol. The average Bonchev–Trinajstić information content (AvgIpc) is 3.83. The molecule has 0 heterocycles. The van der Waals surface area contributed by atoms with Crippen molar-refractivity contribution < 1.29 is 19.2 Å². The van der Waals surface area contributed by atoms with Gasteiger partial charge in [-0.05, 0) is 52.8 Å². The van der Waals surface area contributed by atoms with E-state index in [1.54, 1.807) is 38.4 Å². The van der Waals surface area contributed by atoms with Gasteiger partial charge < -0.3 is 20.9 Å². The van der Waals surface area contributed by atoms with Crippen LogP contribution in [0.1, 0.15) is 75.4 Å². The van der Waals surface area contributed by atoms with Crippen molar-refractivity contribution in [3.63, 3.8) is 0 Å². The molecule has 236 valence electrons. The Kier molecular flexibility index (Phi) is 14.3. The number of nitrogens with one attached hydrogen (secondary N) is 3. The summed E-state index contributed by atoms with van der Waals surface area (Å²) in [6.07, 6.45) is 5.80. The largest absolute Gasteiger partial charge is 0.345 e. The van der Waals surface area contributed by atoms with E-state index in [4.69, 9.17) is 0 Å².